The molecule has 1 aromatic rings. The zero-order chi connectivity index (χ0) is 21.9. The van der Waals surface area contributed by atoms with Gasteiger partial charge in [-0.05, 0) is 49.3 Å². The van der Waals surface area contributed by atoms with Crippen molar-refractivity contribution in [2.45, 2.75) is 13.8 Å². The summed E-state index contributed by atoms with van der Waals surface area (Å²) >= 11 is 0. The van der Waals surface area contributed by atoms with Crippen molar-refractivity contribution in [2.75, 3.05) is 17.6 Å². The van der Waals surface area contributed by atoms with Gasteiger partial charge in [-0.15, -0.1) is 0 Å². The molecule has 0 saturated heterocycles. The number of nitrogens with one attached hydrogen (secondary N) is 2. The lowest BCUT2D eigenvalue weighted by Crippen LogP contribution is -2.17. The standard InChI is InChI=1S/C21H26N4O3S/c1-4-18(10-8-9-13-29(26,27)28)24-15-16(2)17(3)20(14-22)21(23)25-19-11-6-5-7-12-19/h4-12,24-25H,1,13,15,23H2,2-3H3,(H,26,27,28)/b9-8-,17-16-,18-10+,21-20+. The van der Waals surface area contributed by atoms with E-state index in [2.05, 4.69) is 23.3 Å². The van der Waals surface area contributed by atoms with Crippen LogP contribution in [-0.2, 0) is 10.1 Å². The first-order valence-electron chi connectivity index (χ1n) is 8.75. The summed E-state index contributed by atoms with van der Waals surface area (Å²) in [6.45, 7) is 7.82. The molecule has 0 unspecified atom stereocenters. The van der Waals surface area contributed by atoms with Crippen LogP contribution in [0.4, 0.5) is 5.69 Å². The molecule has 0 aliphatic carbocycles. The molecule has 1 rings (SSSR count). The number of hydrogen-bond donors (Lipinski definition) is 4. The van der Waals surface area contributed by atoms with Gasteiger partial charge in [0.1, 0.15) is 11.9 Å². The van der Waals surface area contributed by atoms with Gasteiger partial charge >= 0.3 is 0 Å². The Hall–Kier alpha value is -3.28. The number of hydrogen-bond acceptors (Lipinski definition) is 6. The Morgan fingerprint density at radius 3 is 2.52 bits per heavy atom. The number of benzene rings is 1. The van der Waals surface area contributed by atoms with Gasteiger partial charge < -0.3 is 16.4 Å². The third-order valence-corrected chi connectivity index (χ3v) is 4.56. The van der Waals surface area contributed by atoms with Crippen LogP contribution in [0.15, 0.2) is 89.5 Å². The normalized spacial score (nSPS) is 13.9. The van der Waals surface area contributed by atoms with E-state index in [0.29, 0.717) is 17.8 Å². The third-order valence-electron chi connectivity index (χ3n) is 3.95. The lowest BCUT2D eigenvalue weighted by molar-refractivity contribution is 0.486. The molecule has 0 atom stereocenters. The van der Waals surface area contributed by atoms with Crippen molar-refractivity contribution in [1.29, 1.82) is 5.26 Å². The fraction of sp³-hybridized carbons (Fsp3) is 0.190. The minimum Gasteiger partial charge on any atom is -0.384 e. The Morgan fingerprint density at radius 1 is 1.31 bits per heavy atom. The van der Waals surface area contributed by atoms with Crippen LogP contribution in [0.3, 0.4) is 0 Å². The quantitative estimate of drug-likeness (QED) is 0.263. The fourth-order valence-electron chi connectivity index (χ4n) is 2.21. The molecule has 0 spiro atoms. The van der Waals surface area contributed by atoms with Gasteiger partial charge in [0.05, 0.1) is 11.3 Å². The van der Waals surface area contributed by atoms with Crippen LogP contribution in [0.25, 0.3) is 0 Å². The van der Waals surface area contributed by atoms with Crippen LogP contribution in [0.2, 0.25) is 0 Å². The number of nitrogens with zero attached hydrogens (tertiary/aromatic N) is 1. The van der Waals surface area contributed by atoms with Crippen LogP contribution in [-0.4, -0.2) is 25.3 Å². The van der Waals surface area contributed by atoms with Gasteiger partial charge in [0.2, 0.25) is 0 Å². The number of anilines is 1. The van der Waals surface area contributed by atoms with Gasteiger partial charge in [0.15, 0.2) is 0 Å². The second-order valence-electron chi connectivity index (χ2n) is 6.15. The smallest absolute Gasteiger partial charge is 0.268 e. The average Bonchev–Trinajstić information content (AvgIpc) is 2.67. The van der Waals surface area contributed by atoms with Crippen LogP contribution in [0, 0.1) is 11.3 Å². The Kier molecular flexibility index (Phi) is 9.45. The monoisotopic (exact) mass is 414 g/mol. The second-order valence-corrected chi connectivity index (χ2v) is 7.65. The van der Waals surface area contributed by atoms with E-state index in [0.717, 1.165) is 16.8 Å². The second kappa shape index (κ2) is 11.5. The van der Waals surface area contributed by atoms with Crippen molar-refractivity contribution < 1.29 is 13.0 Å². The molecule has 5 N–H and O–H groups in total. The molecule has 1 aromatic carbocycles. The minimum atomic E-state index is -4.03. The minimum absolute atomic E-state index is 0.267. The van der Waals surface area contributed by atoms with Crippen molar-refractivity contribution in [3.05, 3.63) is 89.5 Å². The van der Waals surface area contributed by atoms with E-state index >= 15 is 0 Å². The highest BCUT2D eigenvalue weighted by atomic mass is 32.2. The van der Waals surface area contributed by atoms with Crippen molar-refractivity contribution in [3.63, 3.8) is 0 Å². The zero-order valence-electron chi connectivity index (χ0n) is 16.5. The lowest BCUT2D eigenvalue weighted by Gasteiger charge is -2.13. The van der Waals surface area contributed by atoms with E-state index in [9.17, 15) is 13.7 Å². The zero-order valence-corrected chi connectivity index (χ0v) is 17.3. The number of para-hydroxylation sites is 1. The maximum absolute atomic E-state index is 10.7. The summed E-state index contributed by atoms with van der Waals surface area (Å²) in [5.41, 5.74) is 9.52. The van der Waals surface area contributed by atoms with E-state index in [1.54, 1.807) is 12.2 Å². The highest BCUT2D eigenvalue weighted by Crippen LogP contribution is 2.17. The predicted octanol–water partition coefficient (Wildman–Crippen LogP) is 3.23. The maximum atomic E-state index is 10.7. The van der Waals surface area contributed by atoms with Gasteiger partial charge in [-0.2, -0.15) is 13.7 Å². The van der Waals surface area contributed by atoms with E-state index < -0.39 is 15.9 Å². The molecular formula is C21H26N4O3S. The fourth-order valence-corrected chi connectivity index (χ4v) is 2.57. The highest BCUT2D eigenvalue weighted by molar-refractivity contribution is 7.85. The molecule has 0 radical (unpaired) electrons. The van der Waals surface area contributed by atoms with Gasteiger partial charge in [0.25, 0.3) is 10.1 Å². The molecular weight excluding hydrogens is 388 g/mol. The van der Waals surface area contributed by atoms with Crippen LogP contribution < -0.4 is 16.4 Å². The molecule has 0 saturated carbocycles. The molecule has 29 heavy (non-hydrogen) atoms. The molecule has 8 heteroatoms. The Balaban J connectivity index is 2.89. The maximum Gasteiger partial charge on any atom is 0.268 e. The average molecular weight is 415 g/mol. The summed E-state index contributed by atoms with van der Waals surface area (Å²) in [5, 5.41) is 15.7. The number of allylic oxidation sites excluding steroid dienone is 5. The van der Waals surface area contributed by atoms with Crippen LogP contribution in [0.1, 0.15) is 13.8 Å². The van der Waals surface area contributed by atoms with Gasteiger partial charge in [-0.3, -0.25) is 4.55 Å². The van der Waals surface area contributed by atoms with Crippen molar-refractivity contribution in [1.82, 2.24) is 5.32 Å². The first-order valence-corrected chi connectivity index (χ1v) is 10.4. The van der Waals surface area contributed by atoms with E-state index in [-0.39, 0.29) is 5.82 Å². The van der Waals surface area contributed by atoms with Crippen LogP contribution in [0.5, 0.6) is 0 Å². The molecule has 0 aliphatic rings. The topological polar surface area (TPSA) is 128 Å². The summed E-state index contributed by atoms with van der Waals surface area (Å²) in [7, 11) is -4.03. The molecule has 0 amide bonds. The molecule has 154 valence electrons. The summed E-state index contributed by atoms with van der Waals surface area (Å²) in [4.78, 5) is 0. The largest absolute Gasteiger partial charge is 0.384 e. The number of nitrogens with two attached hydrogens (primary N) is 1. The van der Waals surface area contributed by atoms with Gasteiger partial charge in [-0.25, -0.2) is 0 Å². The number of nitriles is 1. The van der Waals surface area contributed by atoms with Crippen LogP contribution >= 0.6 is 0 Å². The summed E-state index contributed by atoms with van der Waals surface area (Å²) in [5.74, 6) is -0.195. The third kappa shape index (κ3) is 8.97. The van der Waals surface area contributed by atoms with Crippen molar-refractivity contribution in [3.8, 4) is 6.07 Å². The molecule has 0 heterocycles. The van der Waals surface area contributed by atoms with Crippen molar-refractivity contribution >= 4 is 15.8 Å². The van der Waals surface area contributed by atoms with Gasteiger partial charge in [0, 0.05) is 17.9 Å². The lowest BCUT2D eigenvalue weighted by atomic mass is 10.0. The van der Waals surface area contributed by atoms with Gasteiger partial charge in [-0.1, -0.05) is 36.9 Å². The van der Waals surface area contributed by atoms with E-state index in [1.165, 1.54) is 12.2 Å². The Labute approximate surface area is 172 Å². The first kappa shape index (κ1) is 23.8. The Morgan fingerprint density at radius 2 is 1.97 bits per heavy atom. The molecule has 0 bridgehead atoms. The SMILES string of the molecule is C=C/C(=C\C=C/CS(=O)(=O)O)NC/C(C)=C(C)\C(C#N)=C(/N)Nc1ccccc1. The van der Waals surface area contributed by atoms with E-state index in [4.69, 9.17) is 10.3 Å². The van der Waals surface area contributed by atoms with E-state index in [1.807, 2.05) is 44.2 Å². The summed E-state index contributed by atoms with van der Waals surface area (Å²) < 4.78 is 30.1. The molecule has 0 aromatic heterocycles. The summed E-state index contributed by atoms with van der Waals surface area (Å²) in [6.07, 6.45) is 6.03. The molecule has 0 aliphatic heterocycles. The Bertz CT molecular complexity index is 983. The molecule has 7 nitrogen and oxygen atoms in total. The first-order chi connectivity index (χ1) is 13.7. The predicted molar refractivity (Wildman–Crippen MR) is 117 cm³/mol. The highest BCUT2D eigenvalue weighted by Gasteiger charge is 2.09. The molecule has 0 fully saturated rings. The summed E-state index contributed by atoms with van der Waals surface area (Å²) in [6, 6.07) is 11.5. The van der Waals surface area contributed by atoms with Crippen molar-refractivity contribution in [2.24, 2.45) is 5.73 Å². The number of rotatable bonds is 10.